The summed E-state index contributed by atoms with van der Waals surface area (Å²) < 4.78 is 33.8. The highest BCUT2D eigenvalue weighted by Crippen LogP contribution is 2.38. The van der Waals surface area contributed by atoms with Crippen molar-refractivity contribution in [3.05, 3.63) is 72.9 Å². The number of aliphatic hydroxyl groups is 3. The molecule has 1 aliphatic rings. The van der Waals surface area contributed by atoms with Crippen molar-refractivity contribution < 1.29 is 57.4 Å². The van der Waals surface area contributed by atoms with Crippen molar-refractivity contribution in [3.63, 3.8) is 0 Å². The van der Waals surface area contributed by atoms with Crippen molar-refractivity contribution in [2.45, 2.75) is 160 Å². The topological polar surface area (TPSA) is 172 Å². The molecule has 1 aliphatic carbocycles. The van der Waals surface area contributed by atoms with Crippen LogP contribution in [0.25, 0.3) is 0 Å². The smallest absolute Gasteiger partial charge is 0.306 e. The van der Waals surface area contributed by atoms with E-state index in [1.807, 2.05) is 45.4 Å². The van der Waals surface area contributed by atoms with E-state index in [9.17, 15) is 34.4 Å². The number of allylic oxidation sites excluding steroid dienone is 10. The Hall–Kier alpha value is -2.67. The molecule has 0 spiro atoms. The number of quaternary nitrogens is 1. The molecule has 3 N–H and O–H groups in total. The lowest BCUT2D eigenvalue weighted by molar-refractivity contribution is -0.870. The number of phosphoric acid groups is 1. The van der Waals surface area contributed by atoms with Crippen LogP contribution in [0.15, 0.2) is 72.9 Å². The lowest BCUT2D eigenvalue weighted by Gasteiger charge is -2.28. The van der Waals surface area contributed by atoms with Crippen LogP contribution in [-0.2, 0) is 32.7 Å². The molecular weight excluding hydrogens is 797 g/mol. The second-order valence-electron chi connectivity index (χ2n) is 17.0. The van der Waals surface area contributed by atoms with Gasteiger partial charge in [0.2, 0.25) is 0 Å². The summed E-state index contributed by atoms with van der Waals surface area (Å²) >= 11 is 0. The molecule has 1 fully saturated rings. The van der Waals surface area contributed by atoms with E-state index in [1.54, 1.807) is 6.08 Å². The Morgan fingerprint density at radius 1 is 0.738 bits per heavy atom. The summed E-state index contributed by atoms with van der Waals surface area (Å²) in [5.41, 5.74) is 0. The Balaban J connectivity index is 2.55. The van der Waals surface area contributed by atoms with Gasteiger partial charge in [0.25, 0.3) is 7.82 Å². The second kappa shape index (κ2) is 34.8. The monoisotopic (exact) mass is 880 g/mol. The highest BCUT2D eigenvalue weighted by atomic mass is 31.2. The van der Waals surface area contributed by atoms with Crippen LogP contribution in [0, 0.1) is 11.8 Å². The van der Waals surface area contributed by atoms with Crippen LogP contribution in [0.2, 0.25) is 0 Å². The number of nitrogens with zero attached hydrogens (tertiary/aromatic N) is 1. The maximum Gasteiger partial charge on any atom is 0.306 e. The molecule has 0 amide bonds. The summed E-state index contributed by atoms with van der Waals surface area (Å²) in [5, 5.41) is 31.4. The number of likely N-dealkylation sites (N-methyl/N-ethyl adjacent to an activating group) is 1. The Kier molecular flexibility index (Phi) is 32.1. The fourth-order valence-electron chi connectivity index (χ4n) is 6.58. The van der Waals surface area contributed by atoms with E-state index in [0.717, 1.165) is 44.9 Å². The molecular formula is C48H82NO11P. The highest BCUT2D eigenvalue weighted by Gasteiger charge is 2.39. The van der Waals surface area contributed by atoms with E-state index in [1.165, 1.54) is 19.3 Å². The van der Waals surface area contributed by atoms with E-state index in [-0.39, 0.29) is 44.3 Å². The first-order chi connectivity index (χ1) is 29.2. The normalized spacial score (nSPS) is 20.9. The van der Waals surface area contributed by atoms with Gasteiger partial charge in [-0.3, -0.25) is 14.2 Å². The molecule has 350 valence electrons. The first kappa shape index (κ1) is 56.3. The molecule has 13 heteroatoms. The van der Waals surface area contributed by atoms with Crippen LogP contribution >= 0.6 is 7.82 Å². The molecule has 0 aliphatic heterocycles. The van der Waals surface area contributed by atoms with Crippen LogP contribution in [0.3, 0.4) is 0 Å². The molecule has 0 aromatic rings. The van der Waals surface area contributed by atoms with Crippen molar-refractivity contribution in [1.82, 2.24) is 0 Å². The number of rotatable bonds is 36. The van der Waals surface area contributed by atoms with E-state index in [4.69, 9.17) is 18.5 Å². The van der Waals surface area contributed by atoms with Crippen molar-refractivity contribution >= 4 is 19.8 Å². The maximum atomic E-state index is 12.8. The van der Waals surface area contributed by atoms with Gasteiger partial charge in [-0.05, 0) is 76.5 Å². The van der Waals surface area contributed by atoms with E-state index in [0.29, 0.717) is 49.6 Å². The van der Waals surface area contributed by atoms with E-state index in [2.05, 4.69) is 56.4 Å². The van der Waals surface area contributed by atoms with Crippen LogP contribution in [0.1, 0.15) is 136 Å². The maximum absolute atomic E-state index is 12.8. The van der Waals surface area contributed by atoms with Gasteiger partial charge < -0.3 is 43.2 Å². The molecule has 1 unspecified atom stereocenters. The van der Waals surface area contributed by atoms with Crippen molar-refractivity contribution in [2.24, 2.45) is 11.8 Å². The van der Waals surface area contributed by atoms with Gasteiger partial charge in [0.05, 0.1) is 46.1 Å². The fourth-order valence-corrected chi connectivity index (χ4v) is 7.31. The lowest BCUT2D eigenvalue weighted by atomic mass is 9.89. The SMILES string of the molecule is CCCCC/C=C\C/C=C\C/C=C\C/C=C\CCCC(=O)OC[C@H](COP(=O)([O-])OCC[N+](C)(C)C)OC(=O)CCC/C=C/C[C@@H]1[C@@H](/C=C/[C@@H](O)CCCCC)[C@H](O)C[C@@H]1O. The van der Waals surface area contributed by atoms with Gasteiger partial charge in [0.15, 0.2) is 6.10 Å². The minimum atomic E-state index is -4.71. The number of esters is 2. The molecule has 0 aromatic carbocycles. The fraction of sp³-hybridized carbons (Fsp3) is 0.708. The number of carbonyl (C=O) groups excluding carboxylic acids is 2. The van der Waals surface area contributed by atoms with Gasteiger partial charge in [0, 0.05) is 25.2 Å². The molecule has 0 radical (unpaired) electrons. The zero-order chi connectivity index (χ0) is 45.2. The minimum Gasteiger partial charge on any atom is -0.756 e. The van der Waals surface area contributed by atoms with Gasteiger partial charge in [-0.15, -0.1) is 0 Å². The van der Waals surface area contributed by atoms with Gasteiger partial charge in [-0.1, -0.05) is 119 Å². The highest BCUT2D eigenvalue weighted by molar-refractivity contribution is 7.45. The quantitative estimate of drug-likeness (QED) is 0.0181. The number of hydrogen-bond donors (Lipinski definition) is 3. The largest absolute Gasteiger partial charge is 0.756 e. The third kappa shape index (κ3) is 31.8. The summed E-state index contributed by atoms with van der Waals surface area (Å²) in [5.74, 6) is -1.54. The minimum absolute atomic E-state index is 0.0327. The average molecular weight is 880 g/mol. The Morgan fingerprint density at radius 2 is 1.30 bits per heavy atom. The predicted octanol–water partition coefficient (Wildman–Crippen LogP) is 8.77. The zero-order valence-corrected chi connectivity index (χ0v) is 39.1. The number of hydrogen-bond acceptors (Lipinski definition) is 11. The molecule has 61 heavy (non-hydrogen) atoms. The van der Waals surface area contributed by atoms with Crippen LogP contribution < -0.4 is 4.89 Å². The molecule has 0 aromatic heterocycles. The van der Waals surface area contributed by atoms with Gasteiger partial charge in [0.1, 0.15) is 19.8 Å². The van der Waals surface area contributed by atoms with Crippen molar-refractivity contribution in [1.29, 1.82) is 0 Å². The summed E-state index contributed by atoms with van der Waals surface area (Å²) in [7, 11) is 0.976. The van der Waals surface area contributed by atoms with Crippen molar-refractivity contribution in [2.75, 3.05) is 47.5 Å². The first-order valence-corrected chi connectivity index (χ1v) is 24.4. The summed E-state index contributed by atoms with van der Waals surface area (Å²) in [6.07, 6.45) is 36.0. The standard InChI is InChI=1S/C48H82NO11P/c1-6-8-10-11-12-13-14-15-16-17-18-19-20-21-22-23-28-32-47(53)57-39-42(40-59-61(55,56)58-37-36-49(3,4)5)60-48(54)33-29-25-24-27-31-43-44(46(52)38-45(43)51)35-34-41(50)30-26-9-7-2/h12-13,15-16,18-19,21-22,24,27,34-35,41-46,50-52H,6-11,14,17,20,23,25-26,28-33,36-40H2,1-5H3/b13-12-,16-15-,19-18-,22-21-,27-24+,35-34+/t41-,42+,43+,44+,45-,46+/m0/s1. The van der Waals surface area contributed by atoms with Crippen LogP contribution in [0.4, 0.5) is 0 Å². The zero-order valence-electron chi connectivity index (χ0n) is 38.2. The second-order valence-corrected chi connectivity index (χ2v) is 18.4. The number of ether oxygens (including phenoxy) is 2. The summed E-state index contributed by atoms with van der Waals surface area (Å²) in [6, 6.07) is 0. The number of aliphatic hydroxyl groups excluding tert-OH is 3. The lowest BCUT2D eigenvalue weighted by Crippen LogP contribution is -2.37. The van der Waals surface area contributed by atoms with Crippen LogP contribution in [-0.4, -0.2) is 104 Å². The first-order valence-electron chi connectivity index (χ1n) is 22.9. The molecule has 0 bridgehead atoms. The third-order valence-electron chi connectivity index (χ3n) is 10.3. The predicted molar refractivity (Wildman–Crippen MR) is 242 cm³/mol. The summed E-state index contributed by atoms with van der Waals surface area (Å²) in [4.78, 5) is 37.8. The molecule has 12 nitrogen and oxygen atoms in total. The summed E-state index contributed by atoms with van der Waals surface area (Å²) in [6.45, 7) is 3.73. The van der Waals surface area contributed by atoms with E-state index < -0.39 is 50.8 Å². The Morgan fingerprint density at radius 3 is 1.90 bits per heavy atom. The van der Waals surface area contributed by atoms with Gasteiger partial charge >= 0.3 is 11.9 Å². The average Bonchev–Trinajstić information content (AvgIpc) is 3.47. The van der Waals surface area contributed by atoms with Gasteiger partial charge in [-0.2, -0.15) is 0 Å². The Labute approximate surface area is 368 Å². The molecule has 1 rings (SSSR count). The molecule has 7 atom stereocenters. The van der Waals surface area contributed by atoms with Gasteiger partial charge in [-0.25, -0.2) is 0 Å². The Bertz CT molecular complexity index is 1390. The number of unbranched alkanes of at least 4 members (excludes halogenated alkanes) is 7. The van der Waals surface area contributed by atoms with Crippen molar-refractivity contribution in [3.8, 4) is 0 Å². The van der Waals surface area contributed by atoms with E-state index >= 15 is 0 Å². The molecule has 0 heterocycles. The van der Waals surface area contributed by atoms with Crippen LogP contribution in [0.5, 0.6) is 0 Å². The molecule has 1 saturated carbocycles. The number of carbonyl (C=O) groups is 2. The third-order valence-corrected chi connectivity index (χ3v) is 11.2. The number of phosphoric ester groups is 1. The molecule has 0 saturated heterocycles.